The first-order valence-corrected chi connectivity index (χ1v) is 10.8. The molecule has 1 amide bonds. The second-order valence-electron chi connectivity index (χ2n) is 6.58. The van der Waals surface area contributed by atoms with Crippen molar-refractivity contribution in [2.45, 2.75) is 25.2 Å². The Bertz CT molecular complexity index is 1070. The molecule has 0 fully saturated rings. The molecule has 0 spiro atoms. The van der Waals surface area contributed by atoms with Crippen LogP contribution in [0.25, 0.3) is 0 Å². The van der Waals surface area contributed by atoms with E-state index < -0.39 is 0 Å². The van der Waals surface area contributed by atoms with E-state index in [-0.39, 0.29) is 11.7 Å². The van der Waals surface area contributed by atoms with Gasteiger partial charge in [-0.2, -0.15) is 10.2 Å². The standard InChI is InChI=1S/C20H23ClN8OS/c1-4-9-29-18(11-22-17-7-5-16(21)6-8-17)24-26-20(29)31-13-19(30)25-23-10-15-12-28(3)27-14(15)2/h4-8,10,12,22H,1,9,11,13H2,2-3H3,(H,25,30)/b23-10+. The largest absolute Gasteiger partial charge is 0.378 e. The monoisotopic (exact) mass is 458 g/mol. The number of rotatable bonds is 10. The molecule has 0 saturated heterocycles. The second kappa shape index (κ2) is 10.8. The maximum atomic E-state index is 12.1. The highest BCUT2D eigenvalue weighted by Gasteiger charge is 2.13. The maximum absolute atomic E-state index is 12.1. The van der Waals surface area contributed by atoms with Crippen molar-refractivity contribution >= 4 is 41.2 Å². The van der Waals surface area contributed by atoms with Crippen molar-refractivity contribution in [1.82, 2.24) is 30.0 Å². The number of hydrogen-bond acceptors (Lipinski definition) is 7. The highest BCUT2D eigenvalue weighted by molar-refractivity contribution is 7.99. The Labute approximate surface area is 189 Å². The van der Waals surface area contributed by atoms with E-state index in [0.29, 0.717) is 23.3 Å². The van der Waals surface area contributed by atoms with Crippen molar-refractivity contribution in [2.24, 2.45) is 12.1 Å². The number of amides is 1. The molecule has 0 saturated carbocycles. The Morgan fingerprint density at radius 1 is 1.32 bits per heavy atom. The van der Waals surface area contributed by atoms with Gasteiger partial charge in [0.15, 0.2) is 11.0 Å². The molecule has 2 heterocycles. The summed E-state index contributed by atoms with van der Waals surface area (Å²) < 4.78 is 3.61. The third-order valence-electron chi connectivity index (χ3n) is 4.18. The molecule has 31 heavy (non-hydrogen) atoms. The van der Waals surface area contributed by atoms with Crippen LogP contribution in [0, 0.1) is 6.92 Å². The number of nitrogens with one attached hydrogen (secondary N) is 2. The van der Waals surface area contributed by atoms with Gasteiger partial charge in [-0.05, 0) is 31.2 Å². The molecule has 2 aromatic heterocycles. The minimum absolute atomic E-state index is 0.156. The van der Waals surface area contributed by atoms with Crippen molar-refractivity contribution < 1.29 is 4.79 Å². The average molecular weight is 459 g/mol. The zero-order valence-electron chi connectivity index (χ0n) is 17.2. The van der Waals surface area contributed by atoms with Crippen LogP contribution in [0.2, 0.25) is 5.02 Å². The summed E-state index contributed by atoms with van der Waals surface area (Å²) in [5.41, 5.74) is 5.13. The van der Waals surface area contributed by atoms with Gasteiger partial charge in [0.1, 0.15) is 0 Å². The Morgan fingerprint density at radius 3 is 2.77 bits per heavy atom. The van der Waals surface area contributed by atoms with Crippen molar-refractivity contribution in [1.29, 1.82) is 0 Å². The minimum Gasteiger partial charge on any atom is -0.378 e. The Hall–Kier alpha value is -3.11. The number of nitrogens with zero attached hydrogens (tertiary/aromatic N) is 6. The summed E-state index contributed by atoms with van der Waals surface area (Å²) in [6.45, 7) is 6.68. The summed E-state index contributed by atoms with van der Waals surface area (Å²) in [5, 5.41) is 21.3. The second-order valence-corrected chi connectivity index (χ2v) is 7.96. The molecule has 1 aromatic carbocycles. The van der Waals surface area contributed by atoms with Crippen LogP contribution in [-0.4, -0.2) is 42.4 Å². The average Bonchev–Trinajstić information content (AvgIpc) is 3.28. The molecule has 0 radical (unpaired) electrons. The molecule has 3 rings (SSSR count). The lowest BCUT2D eigenvalue weighted by Crippen LogP contribution is -2.20. The minimum atomic E-state index is -0.239. The van der Waals surface area contributed by atoms with Gasteiger partial charge in [0.25, 0.3) is 5.91 Å². The van der Waals surface area contributed by atoms with Gasteiger partial charge < -0.3 is 9.88 Å². The molecule has 162 valence electrons. The van der Waals surface area contributed by atoms with E-state index in [1.54, 1.807) is 17.0 Å². The number of halogens is 1. The van der Waals surface area contributed by atoms with E-state index in [2.05, 4.69) is 37.7 Å². The van der Waals surface area contributed by atoms with Crippen LogP contribution in [0.1, 0.15) is 17.1 Å². The van der Waals surface area contributed by atoms with E-state index in [4.69, 9.17) is 11.6 Å². The normalized spacial score (nSPS) is 11.1. The van der Waals surface area contributed by atoms with E-state index in [1.807, 2.05) is 49.0 Å². The topological polar surface area (TPSA) is 102 Å². The molecule has 2 N–H and O–H groups in total. The predicted octanol–water partition coefficient (Wildman–Crippen LogP) is 3.01. The molecule has 0 bridgehead atoms. The SMILES string of the molecule is C=CCn1c(CNc2ccc(Cl)cc2)nnc1SCC(=O)N/N=C/c1cn(C)nc1C. The van der Waals surface area contributed by atoms with Gasteiger partial charge in [0.05, 0.1) is 24.2 Å². The number of thioether (sulfide) groups is 1. The van der Waals surface area contributed by atoms with E-state index in [0.717, 1.165) is 22.8 Å². The number of carbonyl (C=O) groups excluding carboxylic acids is 1. The maximum Gasteiger partial charge on any atom is 0.250 e. The van der Waals surface area contributed by atoms with E-state index in [9.17, 15) is 4.79 Å². The third-order valence-corrected chi connectivity index (χ3v) is 5.40. The lowest BCUT2D eigenvalue weighted by atomic mass is 10.3. The summed E-state index contributed by atoms with van der Waals surface area (Å²) in [6.07, 6.45) is 5.17. The van der Waals surface area contributed by atoms with E-state index in [1.165, 1.54) is 11.8 Å². The molecule has 0 aliphatic heterocycles. The molecule has 11 heteroatoms. The van der Waals surface area contributed by atoms with Crippen LogP contribution in [0.5, 0.6) is 0 Å². The Kier molecular flexibility index (Phi) is 7.85. The van der Waals surface area contributed by atoms with Crippen molar-refractivity contribution in [2.75, 3.05) is 11.1 Å². The summed E-state index contributed by atoms with van der Waals surface area (Å²) in [4.78, 5) is 12.1. The number of hydrogen-bond donors (Lipinski definition) is 2. The predicted molar refractivity (Wildman–Crippen MR) is 123 cm³/mol. The number of allylic oxidation sites excluding steroid dienone is 1. The fourth-order valence-electron chi connectivity index (χ4n) is 2.70. The summed E-state index contributed by atoms with van der Waals surface area (Å²) in [5.74, 6) is 0.656. The Morgan fingerprint density at radius 2 is 2.10 bits per heavy atom. The van der Waals surface area contributed by atoms with Gasteiger partial charge in [-0.3, -0.25) is 9.48 Å². The van der Waals surface area contributed by atoms with Gasteiger partial charge in [0.2, 0.25) is 0 Å². The van der Waals surface area contributed by atoms with Crippen LogP contribution in [0.15, 0.2) is 53.4 Å². The van der Waals surface area contributed by atoms with Gasteiger partial charge in [-0.25, -0.2) is 5.43 Å². The highest BCUT2D eigenvalue weighted by atomic mass is 35.5. The van der Waals surface area contributed by atoms with Crippen LogP contribution in [0.3, 0.4) is 0 Å². The first-order valence-electron chi connectivity index (χ1n) is 9.43. The zero-order chi connectivity index (χ0) is 22.2. The molecule has 0 atom stereocenters. The first kappa shape index (κ1) is 22.6. The summed E-state index contributed by atoms with van der Waals surface area (Å²) in [6, 6.07) is 7.42. The van der Waals surface area contributed by atoms with Gasteiger partial charge >= 0.3 is 0 Å². The third kappa shape index (κ3) is 6.43. The number of anilines is 1. The molecular formula is C20H23ClN8OS. The van der Waals surface area contributed by atoms with Crippen LogP contribution in [-0.2, 0) is 24.9 Å². The fraction of sp³-hybridized carbons (Fsp3) is 0.250. The fourth-order valence-corrected chi connectivity index (χ4v) is 3.58. The molecule has 9 nitrogen and oxygen atoms in total. The number of hydrazone groups is 1. The molecule has 0 aliphatic rings. The molecule has 3 aromatic rings. The van der Waals surface area contributed by atoms with Crippen molar-refractivity contribution in [3.05, 3.63) is 65.2 Å². The summed E-state index contributed by atoms with van der Waals surface area (Å²) in [7, 11) is 1.83. The van der Waals surface area contributed by atoms with Gasteiger partial charge in [0, 0.05) is 36.1 Å². The number of benzene rings is 1. The van der Waals surface area contributed by atoms with E-state index >= 15 is 0 Å². The Balaban J connectivity index is 1.55. The quantitative estimate of drug-likeness (QED) is 0.209. The smallest absolute Gasteiger partial charge is 0.250 e. The van der Waals surface area contributed by atoms with Crippen molar-refractivity contribution in [3.63, 3.8) is 0 Å². The molecule has 0 unspecified atom stereocenters. The van der Waals surface area contributed by atoms with Crippen LogP contribution < -0.4 is 10.7 Å². The van der Waals surface area contributed by atoms with Crippen molar-refractivity contribution in [3.8, 4) is 0 Å². The number of aryl methyl sites for hydroxylation is 2. The first-order chi connectivity index (χ1) is 15.0. The zero-order valence-corrected chi connectivity index (χ0v) is 18.8. The van der Waals surface area contributed by atoms with Gasteiger partial charge in [-0.1, -0.05) is 29.4 Å². The lowest BCUT2D eigenvalue weighted by molar-refractivity contribution is -0.118. The summed E-state index contributed by atoms with van der Waals surface area (Å²) >= 11 is 7.20. The lowest BCUT2D eigenvalue weighted by Gasteiger charge is -2.09. The van der Waals surface area contributed by atoms with Crippen LogP contribution >= 0.6 is 23.4 Å². The molecule has 0 aliphatic carbocycles. The number of aromatic nitrogens is 5. The highest BCUT2D eigenvalue weighted by Crippen LogP contribution is 2.19. The van der Waals surface area contributed by atoms with Gasteiger partial charge in [-0.15, -0.1) is 16.8 Å². The number of carbonyl (C=O) groups is 1. The molecular weight excluding hydrogens is 436 g/mol. The van der Waals surface area contributed by atoms with Crippen LogP contribution in [0.4, 0.5) is 5.69 Å².